The van der Waals surface area contributed by atoms with Gasteiger partial charge in [0.2, 0.25) is 5.91 Å². The quantitative estimate of drug-likeness (QED) is 0.442. The van der Waals surface area contributed by atoms with Crippen molar-refractivity contribution in [2.24, 2.45) is 0 Å². The minimum atomic E-state index is -0.0324. The number of nitrogens with zero attached hydrogens (tertiary/aromatic N) is 3. The molecule has 0 bridgehead atoms. The van der Waals surface area contributed by atoms with Crippen molar-refractivity contribution >= 4 is 32.6 Å². The first-order valence-corrected chi connectivity index (χ1v) is 10.2. The van der Waals surface area contributed by atoms with Crippen LogP contribution in [0.3, 0.4) is 0 Å². The third-order valence-electron chi connectivity index (χ3n) is 4.69. The number of hydrogen-bond donors (Lipinski definition) is 0. The van der Waals surface area contributed by atoms with E-state index in [2.05, 4.69) is 4.98 Å². The molecule has 6 nitrogen and oxygen atoms in total. The molecule has 0 aliphatic rings. The molecule has 0 spiro atoms. The Morgan fingerprint density at radius 2 is 1.77 bits per heavy atom. The molecule has 0 fully saturated rings. The third-order valence-corrected chi connectivity index (χ3v) is 5.75. The van der Waals surface area contributed by atoms with Crippen molar-refractivity contribution in [3.8, 4) is 11.5 Å². The molecule has 0 saturated heterocycles. The second kappa shape index (κ2) is 8.92. The van der Waals surface area contributed by atoms with E-state index >= 15 is 0 Å². The maximum atomic E-state index is 13.3. The fourth-order valence-electron chi connectivity index (χ4n) is 3.09. The van der Waals surface area contributed by atoms with Crippen molar-refractivity contribution in [1.82, 2.24) is 9.97 Å². The van der Waals surface area contributed by atoms with Gasteiger partial charge < -0.3 is 9.47 Å². The van der Waals surface area contributed by atoms with Gasteiger partial charge in [0.05, 0.1) is 37.4 Å². The van der Waals surface area contributed by atoms with E-state index in [1.54, 1.807) is 31.5 Å². The van der Waals surface area contributed by atoms with E-state index in [9.17, 15) is 4.79 Å². The lowest BCUT2D eigenvalue weighted by atomic mass is 10.1. The molecular weight excluding hydrogens is 398 g/mol. The molecule has 7 heteroatoms. The molecule has 4 rings (SSSR count). The number of pyridine rings is 1. The average molecular weight is 420 g/mol. The molecule has 2 heterocycles. The van der Waals surface area contributed by atoms with Crippen LogP contribution < -0.4 is 14.4 Å². The second-order valence-electron chi connectivity index (χ2n) is 6.70. The number of anilines is 1. The zero-order valence-electron chi connectivity index (χ0n) is 16.7. The SMILES string of the molecule is COc1ccc(CC(=O)N(Cc2cccnc2)c2nc3cc(OC)ccc3s2)cc1. The first-order chi connectivity index (χ1) is 14.7. The number of carbonyl (C=O) groups is 1. The van der Waals surface area contributed by atoms with Gasteiger partial charge in [0.25, 0.3) is 0 Å². The summed E-state index contributed by atoms with van der Waals surface area (Å²) in [5, 5.41) is 0.653. The number of hydrogen-bond acceptors (Lipinski definition) is 6. The fourth-order valence-corrected chi connectivity index (χ4v) is 4.05. The summed E-state index contributed by atoms with van der Waals surface area (Å²) in [6.07, 6.45) is 3.75. The van der Waals surface area contributed by atoms with Crippen LogP contribution in [0.15, 0.2) is 67.0 Å². The lowest BCUT2D eigenvalue weighted by Crippen LogP contribution is -2.31. The molecule has 0 aliphatic heterocycles. The molecule has 2 aromatic carbocycles. The highest BCUT2D eigenvalue weighted by atomic mass is 32.1. The van der Waals surface area contributed by atoms with E-state index in [-0.39, 0.29) is 12.3 Å². The molecule has 30 heavy (non-hydrogen) atoms. The summed E-state index contributed by atoms with van der Waals surface area (Å²) in [4.78, 5) is 23.9. The Balaban J connectivity index is 1.65. The molecule has 0 saturated carbocycles. The van der Waals surface area contributed by atoms with Gasteiger partial charge in [-0.15, -0.1) is 0 Å². The number of methoxy groups -OCH3 is 2. The zero-order chi connectivity index (χ0) is 20.9. The topological polar surface area (TPSA) is 64.5 Å². The molecule has 1 amide bonds. The number of ether oxygens (including phenoxy) is 2. The number of carbonyl (C=O) groups excluding carboxylic acids is 1. The summed E-state index contributed by atoms with van der Waals surface area (Å²) in [6.45, 7) is 0.403. The number of thiazole rings is 1. The van der Waals surface area contributed by atoms with E-state index in [4.69, 9.17) is 14.5 Å². The third kappa shape index (κ3) is 4.41. The highest BCUT2D eigenvalue weighted by molar-refractivity contribution is 7.22. The van der Waals surface area contributed by atoms with Gasteiger partial charge in [-0.05, 0) is 41.5 Å². The van der Waals surface area contributed by atoms with Crippen molar-refractivity contribution in [2.45, 2.75) is 13.0 Å². The Morgan fingerprint density at radius 3 is 2.47 bits per heavy atom. The second-order valence-corrected chi connectivity index (χ2v) is 7.71. The normalized spacial score (nSPS) is 10.7. The van der Waals surface area contributed by atoms with Gasteiger partial charge in [-0.1, -0.05) is 29.5 Å². The number of benzene rings is 2. The molecular formula is C23H21N3O3S. The van der Waals surface area contributed by atoms with E-state index in [0.717, 1.165) is 32.8 Å². The Labute approximate surface area is 178 Å². The minimum absolute atomic E-state index is 0.0324. The van der Waals surface area contributed by atoms with Crippen molar-refractivity contribution in [3.05, 3.63) is 78.1 Å². The van der Waals surface area contributed by atoms with Gasteiger partial charge in [0.15, 0.2) is 5.13 Å². The molecule has 2 aromatic heterocycles. The van der Waals surface area contributed by atoms with Crippen LogP contribution >= 0.6 is 11.3 Å². The molecule has 0 N–H and O–H groups in total. The van der Waals surface area contributed by atoms with Crippen LogP contribution in [0.25, 0.3) is 10.2 Å². The van der Waals surface area contributed by atoms with Gasteiger partial charge in [-0.3, -0.25) is 14.7 Å². The molecule has 0 aliphatic carbocycles. The van der Waals surface area contributed by atoms with Gasteiger partial charge in [-0.25, -0.2) is 4.98 Å². The van der Waals surface area contributed by atoms with Crippen LogP contribution in [0.2, 0.25) is 0 Å². The van der Waals surface area contributed by atoms with Crippen LogP contribution in [0.5, 0.6) is 11.5 Å². The summed E-state index contributed by atoms with van der Waals surface area (Å²) in [5.41, 5.74) is 2.67. The van der Waals surface area contributed by atoms with Crippen molar-refractivity contribution in [2.75, 3.05) is 19.1 Å². The predicted octanol–water partition coefficient (Wildman–Crippen LogP) is 4.48. The van der Waals surface area contributed by atoms with Crippen molar-refractivity contribution in [1.29, 1.82) is 0 Å². The highest BCUT2D eigenvalue weighted by Crippen LogP contribution is 2.32. The molecule has 4 aromatic rings. The van der Waals surface area contributed by atoms with Crippen LogP contribution in [0.4, 0.5) is 5.13 Å². The number of aromatic nitrogens is 2. The number of rotatable bonds is 7. The Hall–Kier alpha value is -3.45. The summed E-state index contributed by atoms with van der Waals surface area (Å²) in [7, 11) is 3.25. The van der Waals surface area contributed by atoms with E-state index in [1.165, 1.54) is 11.3 Å². The first-order valence-electron chi connectivity index (χ1n) is 9.43. The average Bonchev–Trinajstić information content (AvgIpc) is 3.21. The minimum Gasteiger partial charge on any atom is -0.497 e. The zero-order valence-corrected chi connectivity index (χ0v) is 17.6. The van der Waals surface area contributed by atoms with E-state index in [1.807, 2.05) is 54.6 Å². The maximum Gasteiger partial charge on any atom is 0.233 e. The predicted molar refractivity (Wildman–Crippen MR) is 118 cm³/mol. The van der Waals surface area contributed by atoms with Gasteiger partial charge in [0, 0.05) is 18.5 Å². The van der Waals surface area contributed by atoms with Crippen LogP contribution in [0, 0.1) is 0 Å². The van der Waals surface area contributed by atoms with Gasteiger partial charge >= 0.3 is 0 Å². The number of fused-ring (bicyclic) bond motifs is 1. The summed E-state index contributed by atoms with van der Waals surface area (Å²) in [6, 6.07) is 17.1. The lowest BCUT2D eigenvalue weighted by molar-refractivity contribution is -0.118. The van der Waals surface area contributed by atoms with Crippen molar-refractivity contribution < 1.29 is 14.3 Å². The lowest BCUT2D eigenvalue weighted by Gasteiger charge is -2.20. The monoisotopic (exact) mass is 419 g/mol. The largest absolute Gasteiger partial charge is 0.497 e. The molecule has 0 unspecified atom stereocenters. The number of amides is 1. The summed E-state index contributed by atoms with van der Waals surface area (Å²) >= 11 is 1.49. The molecule has 0 radical (unpaired) electrons. The van der Waals surface area contributed by atoms with Gasteiger partial charge in [-0.2, -0.15) is 0 Å². The van der Waals surface area contributed by atoms with Crippen LogP contribution in [-0.2, 0) is 17.8 Å². The van der Waals surface area contributed by atoms with E-state index < -0.39 is 0 Å². The Morgan fingerprint density at radius 1 is 1.00 bits per heavy atom. The first kappa shape index (κ1) is 19.8. The standard InChI is InChI=1S/C23H21N3O3S/c1-28-18-7-5-16(6-8-18)12-22(27)26(15-17-4-3-11-24-14-17)23-25-20-13-19(29-2)9-10-21(20)30-23/h3-11,13-14H,12,15H2,1-2H3. The smallest absolute Gasteiger partial charge is 0.233 e. The van der Waals surface area contributed by atoms with Crippen LogP contribution in [-0.4, -0.2) is 30.1 Å². The summed E-state index contributed by atoms with van der Waals surface area (Å²) in [5.74, 6) is 1.47. The maximum absolute atomic E-state index is 13.3. The Bertz CT molecular complexity index is 1140. The van der Waals surface area contributed by atoms with Crippen molar-refractivity contribution in [3.63, 3.8) is 0 Å². The highest BCUT2D eigenvalue weighted by Gasteiger charge is 2.21. The van der Waals surface area contributed by atoms with E-state index in [0.29, 0.717) is 11.7 Å². The van der Waals surface area contributed by atoms with Crippen LogP contribution in [0.1, 0.15) is 11.1 Å². The molecule has 152 valence electrons. The van der Waals surface area contributed by atoms with Gasteiger partial charge in [0.1, 0.15) is 11.5 Å². The summed E-state index contributed by atoms with van der Waals surface area (Å²) < 4.78 is 11.5. The Kier molecular flexibility index (Phi) is 5.90. The fraction of sp³-hybridized carbons (Fsp3) is 0.174. The molecule has 0 atom stereocenters.